The minimum absolute atomic E-state index is 0.0107. The molecule has 0 aromatic heterocycles. The van der Waals surface area contributed by atoms with Crippen molar-refractivity contribution in [3.05, 3.63) is 29.8 Å². The molecular formula is C12H15NO4S. The van der Waals surface area contributed by atoms with E-state index in [2.05, 4.69) is 5.32 Å². The Labute approximate surface area is 106 Å². The molecule has 0 saturated carbocycles. The van der Waals surface area contributed by atoms with Gasteiger partial charge in [0, 0.05) is 11.6 Å². The van der Waals surface area contributed by atoms with Gasteiger partial charge in [-0.15, -0.1) is 0 Å². The number of phenolic OH excluding ortho intramolecular Hbond substituents is 1. The lowest BCUT2D eigenvalue weighted by Gasteiger charge is -2.22. The third-order valence-corrected chi connectivity index (χ3v) is 4.75. The molecule has 6 heteroatoms. The van der Waals surface area contributed by atoms with Gasteiger partial charge < -0.3 is 10.4 Å². The van der Waals surface area contributed by atoms with Crippen molar-refractivity contribution in [2.75, 3.05) is 11.5 Å². The summed E-state index contributed by atoms with van der Waals surface area (Å²) in [7, 11) is -3.02. The Morgan fingerprint density at radius 2 is 1.94 bits per heavy atom. The zero-order valence-corrected chi connectivity index (χ0v) is 10.6. The van der Waals surface area contributed by atoms with Gasteiger partial charge in [-0.05, 0) is 37.1 Å². The SMILES string of the molecule is O=C(NC1CCCS(=O)(=O)C1)c1ccc(O)cc1. The van der Waals surface area contributed by atoms with E-state index >= 15 is 0 Å². The summed E-state index contributed by atoms with van der Waals surface area (Å²) in [5.74, 6) is -0.000954. The molecule has 1 amide bonds. The lowest BCUT2D eigenvalue weighted by Crippen LogP contribution is -2.43. The number of carbonyl (C=O) groups is 1. The van der Waals surface area contributed by atoms with Crippen LogP contribution in [0.25, 0.3) is 0 Å². The molecule has 2 rings (SSSR count). The fourth-order valence-corrected chi connectivity index (χ4v) is 3.65. The predicted molar refractivity (Wildman–Crippen MR) is 67.2 cm³/mol. The molecule has 98 valence electrons. The number of sulfone groups is 1. The van der Waals surface area contributed by atoms with Crippen LogP contribution in [0.4, 0.5) is 0 Å². The molecule has 1 saturated heterocycles. The summed E-state index contributed by atoms with van der Waals surface area (Å²) in [4.78, 5) is 11.8. The quantitative estimate of drug-likeness (QED) is 0.827. The number of carbonyl (C=O) groups excluding carboxylic acids is 1. The third kappa shape index (κ3) is 3.22. The largest absolute Gasteiger partial charge is 0.508 e. The molecule has 1 atom stereocenters. The number of amides is 1. The fourth-order valence-electron chi connectivity index (χ4n) is 2.02. The first-order valence-electron chi connectivity index (χ1n) is 5.76. The minimum Gasteiger partial charge on any atom is -0.508 e. The fraction of sp³-hybridized carbons (Fsp3) is 0.417. The van der Waals surface area contributed by atoms with E-state index < -0.39 is 9.84 Å². The first-order chi connectivity index (χ1) is 8.46. The molecule has 1 aromatic rings. The zero-order chi connectivity index (χ0) is 13.2. The maximum Gasteiger partial charge on any atom is 0.251 e. The molecule has 5 nitrogen and oxygen atoms in total. The highest BCUT2D eigenvalue weighted by Gasteiger charge is 2.26. The summed E-state index contributed by atoms with van der Waals surface area (Å²) in [6.07, 6.45) is 1.27. The average Bonchev–Trinajstić information content (AvgIpc) is 2.28. The van der Waals surface area contributed by atoms with Gasteiger partial charge in [0.25, 0.3) is 5.91 Å². The van der Waals surface area contributed by atoms with E-state index in [1.165, 1.54) is 24.3 Å². The Balaban J connectivity index is 2.01. The van der Waals surface area contributed by atoms with Crippen LogP contribution in [-0.2, 0) is 9.84 Å². The van der Waals surface area contributed by atoms with E-state index in [0.29, 0.717) is 18.4 Å². The van der Waals surface area contributed by atoms with Gasteiger partial charge in [-0.1, -0.05) is 0 Å². The van der Waals surface area contributed by atoms with E-state index in [1.807, 2.05) is 0 Å². The summed E-state index contributed by atoms with van der Waals surface area (Å²) in [6.45, 7) is 0. The maximum absolute atomic E-state index is 11.8. The zero-order valence-electron chi connectivity index (χ0n) is 9.80. The van der Waals surface area contributed by atoms with Crippen LogP contribution in [0.2, 0.25) is 0 Å². The Hall–Kier alpha value is -1.56. The lowest BCUT2D eigenvalue weighted by molar-refractivity contribution is 0.0938. The van der Waals surface area contributed by atoms with Crippen LogP contribution >= 0.6 is 0 Å². The number of rotatable bonds is 2. The molecule has 2 N–H and O–H groups in total. The monoisotopic (exact) mass is 269 g/mol. The second kappa shape index (κ2) is 4.97. The maximum atomic E-state index is 11.8. The van der Waals surface area contributed by atoms with Crippen molar-refractivity contribution in [1.29, 1.82) is 0 Å². The second-order valence-corrected chi connectivity index (χ2v) is 6.70. The number of benzene rings is 1. The van der Waals surface area contributed by atoms with Crippen LogP contribution in [0.1, 0.15) is 23.2 Å². The topological polar surface area (TPSA) is 83.5 Å². The second-order valence-electron chi connectivity index (χ2n) is 4.47. The molecule has 1 unspecified atom stereocenters. The molecule has 1 aliphatic rings. The Morgan fingerprint density at radius 1 is 1.28 bits per heavy atom. The van der Waals surface area contributed by atoms with Gasteiger partial charge in [0.1, 0.15) is 5.75 Å². The Morgan fingerprint density at radius 3 is 2.56 bits per heavy atom. The molecule has 1 heterocycles. The molecular weight excluding hydrogens is 254 g/mol. The molecule has 1 aromatic carbocycles. The molecule has 0 bridgehead atoms. The van der Waals surface area contributed by atoms with Crippen molar-refractivity contribution in [2.45, 2.75) is 18.9 Å². The van der Waals surface area contributed by atoms with Gasteiger partial charge in [-0.2, -0.15) is 0 Å². The van der Waals surface area contributed by atoms with Crippen molar-refractivity contribution >= 4 is 15.7 Å². The molecule has 1 fully saturated rings. The van der Waals surface area contributed by atoms with E-state index in [1.54, 1.807) is 0 Å². The molecule has 0 spiro atoms. The number of aromatic hydroxyl groups is 1. The number of hydrogen-bond acceptors (Lipinski definition) is 4. The predicted octanol–water partition coefficient (Wildman–Crippen LogP) is 0.699. The summed E-state index contributed by atoms with van der Waals surface area (Å²) < 4.78 is 22.9. The van der Waals surface area contributed by atoms with Gasteiger partial charge >= 0.3 is 0 Å². The average molecular weight is 269 g/mol. The van der Waals surface area contributed by atoms with E-state index in [0.717, 1.165) is 0 Å². The highest BCUT2D eigenvalue weighted by Crippen LogP contribution is 2.14. The van der Waals surface area contributed by atoms with Gasteiger partial charge in [-0.25, -0.2) is 8.42 Å². The molecule has 0 aliphatic carbocycles. The minimum atomic E-state index is -3.02. The van der Waals surface area contributed by atoms with Crippen molar-refractivity contribution in [3.8, 4) is 5.75 Å². The number of nitrogens with one attached hydrogen (secondary N) is 1. The standard InChI is InChI=1S/C12H15NO4S/c14-11-5-3-9(4-6-11)12(15)13-10-2-1-7-18(16,17)8-10/h3-6,10,14H,1-2,7-8H2,(H,13,15). The van der Waals surface area contributed by atoms with Gasteiger partial charge in [0.2, 0.25) is 0 Å². The Kier molecular flexibility index (Phi) is 3.56. The van der Waals surface area contributed by atoms with Crippen LogP contribution in [0.5, 0.6) is 5.75 Å². The van der Waals surface area contributed by atoms with Crippen LogP contribution in [0.3, 0.4) is 0 Å². The van der Waals surface area contributed by atoms with Crippen molar-refractivity contribution in [2.24, 2.45) is 0 Å². The van der Waals surface area contributed by atoms with E-state index in [4.69, 9.17) is 5.11 Å². The Bertz CT molecular complexity index is 536. The molecule has 0 radical (unpaired) electrons. The number of hydrogen-bond donors (Lipinski definition) is 2. The highest BCUT2D eigenvalue weighted by atomic mass is 32.2. The van der Waals surface area contributed by atoms with Crippen LogP contribution in [-0.4, -0.2) is 37.0 Å². The normalized spacial score (nSPS) is 22.3. The van der Waals surface area contributed by atoms with Crippen LogP contribution in [0, 0.1) is 0 Å². The summed E-state index contributed by atoms with van der Waals surface area (Å²) >= 11 is 0. The molecule has 1 aliphatic heterocycles. The van der Waals surface area contributed by atoms with Crippen LogP contribution in [0.15, 0.2) is 24.3 Å². The van der Waals surface area contributed by atoms with Gasteiger partial charge in [0.05, 0.1) is 11.5 Å². The summed E-state index contributed by atoms with van der Waals surface area (Å²) in [6, 6.07) is 5.54. The van der Waals surface area contributed by atoms with E-state index in [-0.39, 0.29) is 29.2 Å². The lowest BCUT2D eigenvalue weighted by atomic mass is 10.1. The van der Waals surface area contributed by atoms with Crippen molar-refractivity contribution in [1.82, 2.24) is 5.32 Å². The van der Waals surface area contributed by atoms with Crippen molar-refractivity contribution in [3.63, 3.8) is 0 Å². The number of phenols is 1. The first kappa shape index (κ1) is 12.9. The first-order valence-corrected chi connectivity index (χ1v) is 7.59. The van der Waals surface area contributed by atoms with E-state index in [9.17, 15) is 13.2 Å². The summed E-state index contributed by atoms with van der Waals surface area (Å²) in [5.41, 5.74) is 0.413. The van der Waals surface area contributed by atoms with Crippen molar-refractivity contribution < 1.29 is 18.3 Å². The molecule has 18 heavy (non-hydrogen) atoms. The summed E-state index contributed by atoms with van der Waals surface area (Å²) in [5, 5.41) is 11.8. The van der Waals surface area contributed by atoms with Gasteiger partial charge in [-0.3, -0.25) is 4.79 Å². The highest BCUT2D eigenvalue weighted by molar-refractivity contribution is 7.91. The van der Waals surface area contributed by atoms with Gasteiger partial charge in [0.15, 0.2) is 9.84 Å². The van der Waals surface area contributed by atoms with Crippen LogP contribution < -0.4 is 5.32 Å². The smallest absolute Gasteiger partial charge is 0.251 e. The third-order valence-electron chi connectivity index (χ3n) is 2.93.